The van der Waals surface area contributed by atoms with E-state index in [1.165, 1.54) is 12.1 Å². The zero-order valence-corrected chi connectivity index (χ0v) is 16.0. The lowest BCUT2D eigenvalue weighted by Gasteiger charge is -2.20. The smallest absolute Gasteiger partial charge is 0.274 e. The molecule has 30 heavy (non-hydrogen) atoms. The Labute approximate surface area is 173 Å². The molecule has 0 fully saturated rings. The Bertz CT molecular complexity index is 1120. The van der Waals surface area contributed by atoms with Crippen molar-refractivity contribution in [2.75, 3.05) is 11.4 Å². The number of amides is 2. The van der Waals surface area contributed by atoms with Gasteiger partial charge in [0.2, 0.25) is 0 Å². The van der Waals surface area contributed by atoms with Gasteiger partial charge in [-0.1, -0.05) is 42.5 Å². The Morgan fingerprint density at radius 1 is 0.967 bits per heavy atom. The molecule has 150 valence electrons. The van der Waals surface area contributed by atoms with Crippen LogP contribution in [0.2, 0.25) is 0 Å². The second-order valence-corrected chi connectivity index (χ2v) is 6.97. The van der Waals surface area contributed by atoms with Crippen LogP contribution >= 0.6 is 0 Å². The van der Waals surface area contributed by atoms with Crippen molar-refractivity contribution in [3.63, 3.8) is 0 Å². The molecule has 1 aliphatic rings. The number of hydroxylamine groups is 1. The van der Waals surface area contributed by atoms with E-state index in [2.05, 4.69) is 0 Å². The van der Waals surface area contributed by atoms with E-state index in [4.69, 9.17) is 5.21 Å². The summed E-state index contributed by atoms with van der Waals surface area (Å²) < 4.78 is 13.3. The molecule has 2 amide bonds. The maximum absolute atomic E-state index is 13.5. The molecule has 0 unspecified atom stereocenters. The van der Waals surface area contributed by atoms with Crippen molar-refractivity contribution in [2.45, 2.75) is 6.42 Å². The summed E-state index contributed by atoms with van der Waals surface area (Å²) in [6.45, 7) is 0.478. The van der Waals surface area contributed by atoms with E-state index >= 15 is 0 Å². The molecule has 3 aromatic carbocycles. The molecule has 4 rings (SSSR count). The summed E-state index contributed by atoms with van der Waals surface area (Å²) in [5, 5.41) is 8.84. The molecule has 3 aromatic rings. The number of halogens is 1. The van der Waals surface area contributed by atoms with E-state index in [0.29, 0.717) is 24.1 Å². The van der Waals surface area contributed by atoms with Gasteiger partial charge >= 0.3 is 0 Å². The van der Waals surface area contributed by atoms with Crippen LogP contribution in [-0.2, 0) is 11.2 Å². The number of rotatable bonds is 4. The molecule has 0 spiro atoms. The molecule has 6 heteroatoms. The molecule has 5 nitrogen and oxygen atoms in total. The molecule has 0 bridgehead atoms. The molecule has 0 aromatic heterocycles. The van der Waals surface area contributed by atoms with Crippen molar-refractivity contribution < 1.29 is 19.2 Å². The van der Waals surface area contributed by atoms with Crippen LogP contribution in [0.4, 0.5) is 10.1 Å². The second kappa shape index (κ2) is 8.31. The lowest BCUT2D eigenvalue weighted by molar-refractivity contribution is -0.113. The number of nitrogens with zero attached hydrogens (tertiary/aromatic N) is 1. The fourth-order valence-electron chi connectivity index (χ4n) is 3.58. The standard InChI is InChI=1S/C24H19FN2O3/c25-20-9-6-16(7-10-20)14-21(17-4-2-1-3-5-17)24(29)27-13-12-18-15-19(23(28)26-30)8-11-22(18)27/h1-11,14-15,30H,12-13H2,(H,26,28). The average Bonchev–Trinajstić information content (AvgIpc) is 3.21. The number of carbonyl (C=O) groups excluding carboxylic acids is 2. The zero-order chi connectivity index (χ0) is 21.1. The molecule has 1 heterocycles. The van der Waals surface area contributed by atoms with Crippen LogP contribution in [0.25, 0.3) is 11.6 Å². The quantitative estimate of drug-likeness (QED) is 0.299. The average molecular weight is 402 g/mol. The minimum absolute atomic E-state index is 0.177. The van der Waals surface area contributed by atoms with Crippen LogP contribution < -0.4 is 10.4 Å². The summed E-state index contributed by atoms with van der Waals surface area (Å²) in [5.41, 5.74) is 5.52. The van der Waals surface area contributed by atoms with Gasteiger partial charge in [0.25, 0.3) is 11.8 Å². The summed E-state index contributed by atoms with van der Waals surface area (Å²) in [5.74, 6) is -1.11. The third kappa shape index (κ3) is 3.86. The Morgan fingerprint density at radius 3 is 2.40 bits per heavy atom. The SMILES string of the molecule is O=C(NO)c1ccc2c(c1)CCN2C(=O)C(=Cc1ccc(F)cc1)c1ccccc1. The van der Waals surface area contributed by atoms with Crippen molar-refractivity contribution >= 4 is 29.2 Å². The largest absolute Gasteiger partial charge is 0.308 e. The highest BCUT2D eigenvalue weighted by molar-refractivity contribution is 6.30. The number of hydrogen-bond donors (Lipinski definition) is 2. The van der Waals surface area contributed by atoms with Crippen LogP contribution in [0, 0.1) is 5.82 Å². The first-order valence-electron chi connectivity index (χ1n) is 9.49. The molecular weight excluding hydrogens is 383 g/mol. The predicted molar refractivity (Wildman–Crippen MR) is 112 cm³/mol. The Morgan fingerprint density at radius 2 is 1.70 bits per heavy atom. The number of benzene rings is 3. The Hall–Kier alpha value is -3.77. The predicted octanol–water partition coefficient (Wildman–Crippen LogP) is 4.07. The van der Waals surface area contributed by atoms with Gasteiger partial charge < -0.3 is 4.90 Å². The minimum Gasteiger partial charge on any atom is -0.308 e. The molecule has 0 radical (unpaired) electrons. The number of nitrogens with one attached hydrogen (secondary N) is 1. The van der Waals surface area contributed by atoms with Crippen molar-refractivity contribution in [1.29, 1.82) is 0 Å². The van der Waals surface area contributed by atoms with Crippen LogP contribution in [0.3, 0.4) is 0 Å². The molecule has 0 saturated heterocycles. The van der Waals surface area contributed by atoms with Gasteiger partial charge in [-0.25, -0.2) is 9.87 Å². The lowest BCUT2D eigenvalue weighted by Crippen LogP contribution is -2.29. The van der Waals surface area contributed by atoms with Crippen LogP contribution in [0.5, 0.6) is 0 Å². The maximum atomic E-state index is 13.5. The number of anilines is 1. The summed E-state index contributed by atoms with van der Waals surface area (Å²) in [7, 11) is 0. The van der Waals surface area contributed by atoms with Crippen molar-refractivity contribution in [3.05, 3.63) is 101 Å². The highest BCUT2D eigenvalue weighted by Crippen LogP contribution is 2.32. The van der Waals surface area contributed by atoms with E-state index in [1.54, 1.807) is 46.8 Å². The van der Waals surface area contributed by atoms with Gasteiger partial charge in [0.15, 0.2) is 0 Å². The zero-order valence-electron chi connectivity index (χ0n) is 16.0. The fraction of sp³-hybridized carbons (Fsp3) is 0.0833. The van der Waals surface area contributed by atoms with Crippen LogP contribution in [0.1, 0.15) is 27.0 Å². The topological polar surface area (TPSA) is 69.6 Å². The third-order valence-corrected chi connectivity index (χ3v) is 5.08. The van der Waals surface area contributed by atoms with Gasteiger partial charge in [-0.15, -0.1) is 0 Å². The van der Waals surface area contributed by atoms with E-state index in [1.807, 2.05) is 30.3 Å². The third-order valence-electron chi connectivity index (χ3n) is 5.08. The molecule has 0 saturated carbocycles. The first-order chi connectivity index (χ1) is 14.6. The lowest BCUT2D eigenvalue weighted by atomic mass is 10.0. The summed E-state index contributed by atoms with van der Waals surface area (Å²) in [6, 6.07) is 20.3. The highest BCUT2D eigenvalue weighted by atomic mass is 19.1. The summed E-state index contributed by atoms with van der Waals surface area (Å²) in [6.07, 6.45) is 2.36. The number of hydrogen-bond acceptors (Lipinski definition) is 3. The number of carbonyl (C=O) groups is 2. The summed E-state index contributed by atoms with van der Waals surface area (Å²) in [4.78, 5) is 26.9. The van der Waals surface area contributed by atoms with Gasteiger partial charge in [-0.05, 0) is 59.5 Å². The van der Waals surface area contributed by atoms with Gasteiger partial charge in [-0.3, -0.25) is 14.8 Å². The van der Waals surface area contributed by atoms with E-state index in [9.17, 15) is 14.0 Å². The number of fused-ring (bicyclic) bond motifs is 1. The minimum atomic E-state index is -0.594. The van der Waals surface area contributed by atoms with E-state index in [-0.39, 0.29) is 11.7 Å². The van der Waals surface area contributed by atoms with Crippen molar-refractivity contribution in [3.8, 4) is 0 Å². The van der Waals surface area contributed by atoms with Gasteiger partial charge in [0, 0.05) is 23.4 Å². The first-order valence-corrected chi connectivity index (χ1v) is 9.49. The normalized spacial score (nSPS) is 13.1. The molecule has 0 atom stereocenters. The molecule has 1 aliphatic heterocycles. The maximum Gasteiger partial charge on any atom is 0.274 e. The summed E-state index contributed by atoms with van der Waals surface area (Å²) >= 11 is 0. The monoisotopic (exact) mass is 402 g/mol. The molecule has 0 aliphatic carbocycles. The van der Waals surface area contributed by atoms with Gasteiger partial charge in [0.05, 0.1) is 0 Å². The van der Waals surface area contributed by atoms with Crippen molar-refractivity contribution in [2.24, 2.45) is 0 Å². The van der Waals surface area contributed by atoms with E-state index < -0.39 is 5.91 Å². The molecular formula is C24H19FN2O3. The van der Waals surface area contributed by atoms with Gasteiger partial charge in [-0.2, -0.15) is 0 Å². The highest BCUT2D eigenvalue weighted by Gasteiger charge is 2.28. The van der Waals surface area contributed by atoms with Gasteiger partial charge in [0.1, 0.15) is 5.82 Å². The Balaban J connectivity index is 1.72. The van der Waals surface area contributed by atoms with E-state index in [0.717, 1.165) is 22.4 Å². The first kappa shape index (κ1) is 19.5. The fourth-order valence-corrected chi connectivity index (χ4v) is 3.58. The molecule has 2 N–H and O–H groups in total. The van der Waals surface area contributed by atoms with Crippen molar-refractivity contribution in [1.82, 2.24) is 5.48 Å². The Kier molecular flexibility index (Phi) is 5.41. The van der Waals surface area contributed by atoms with Crippen LogP contribution in [0.15, 0.2) is 72.8 Å². The second-order valence-electron chi connectivity index (χ2n) is 6.97. The van der Waals surface area contributed by atoms with Crippen LogP contribution in [-0.4, -0.2) is 23.6 Å².